The smallest absolute Gasteiger partial charge is 0.410 e. The third kappa shape index (κ3) is 4.67. The van der Waals surface area contributed by atoms with Crippen LogP contribution in [0.4, 0.5) is 9.18 Å². The van der Waals surface area contributed by atoms with Crippen molar-refractivity contribution in [2.45, 2.75) is 59.0 Å². The molecule has 5 rings (SSSR count). The van der Waals surface area contributed by atoms with Crippen molar-refractivity contribution in [3.63, 3.8) is 0 Å². The summed E-state index contributed by atoms with van der Waals surface area (Å²) in [6, 6.07) is 5.18. The lowest BCUT2D eigenvalue weighted by molar-refractivity contribution is 0.0204. The summed E-state index contributed by atoms with van der Waals surface area (Å²) in [5.41, 5.74) is 4.86. The van der Waals surface area contributed by atoms with Crippen molar-refractivity contribution in [1.82, 2.24) is 29.5 Å². The van der Waals surface area contributed by atoms with Crippen LogP contribution in [0.2, 0.25) is 0 Å². The molecule has 3 aromatic heterocycles. The molecule has 1 amide bonds. The molecule has 1 saturated heterocycles. The summed E-state index contributed by atoms with van der Waals surface area (Å²) >= 11 is 0. The van der Waals surface area contributed by atoms with E-state index >= 15 is 4.39 Å². The quantitative estimate of drug-likeness (QED) is 0.395. The molecule has 1 aromatic carbocycles. The van der Waals surface area contributed by atoms with E-state index in [1.807, 2.05) is 52.9 Å². The van der Waals surface area contributed by atoms with E-state index in [1.54, 1.807) is 15.6 Å². The van der Waals surface area contributed by atoms with Gasteiger partial charge in [0.05, 0.1) is 28.8 Å². The summed E-state index contributed by atoms with van der Waals surface area (Å²) in [7, 11) is 0. The van der Waals surface area contributed by atoms with Gasteiger partial charge in [-0.25, -0.2) is 23.7 Å². The van der Waals surface area contributed by atoms with E-state index in [0.29, 0.717) is 29.9 Å². The number of halogens is 1. The molecule has 1 aliphatic rings. The number of benzene rings is 1. The second-order valence-electron chi connectivity index (χ2n) is 10.2. The van der Waals surface area contributed by atoms with E-state index in [9.17, 15) is 4.79 Å². The van der Waals surface area contributed by atoms with Gasteiger partial charge in [0.15, 0.2) is 11.5 Å². The number of aromatic nitrogens is 5. The van der Waals surface area contributed by atoms with Gasteiger partial charge < -0.3 is 9.64 Å². The lowest BCUT2D eigenvalue weighted by Gasteiger charge is -2.33. The van der Waals surface area contributed by atoms with Crippen LogP contribution in [0.5, 0.6) is 0 Å². The van der Waals surface area contributed by atoms with Crippen LogP contribution >= 0.6 is 0 Å². The maximum absolute atomic E-state index is 15.2. The van der Waals surface area contributed by atoms with Crippen LogP contribution in [-0.4, -0.2) is 54.2 Å². The van der Waals surface area contributed by atoms with Crippen LogP contribution in [-0.2, 0) is 4.74 Å². The molecule has 0 saturated carbocycles. The van der Waals surface area contributed by atoms with Crippen molar-refractivity contribution in [1.29, 1.82) is 0 Å². The largest absolute Gasteiger partial charge is 0.444 e. The molecule has 35 heavy (non-hydrogen) atoms. The molecule has 1 fully saturated rings. The zero-order valence-corrected chi connectivity index (χ0v) is 20.7. The number of likely N-dealkylation sites (tertiary alicyclic amines) is 1. The number of imidazole rings is 1. The molecule has 9 heteroatoms. The van der Waals surface area contributed by atoms with E-state index < -0.39 is 11.4 Å². The van der Waals surface area contributed by atoms with Crippen LogP contribution < -0.4 is 0 Å². The lowest BCUT2D eigenvalue weighted by atomic mass is 9.94. The Bertz CT molecular complexity index is 1430. The predicted octanol–water partition coefficient (Wildman–Crippen LogP) is 5.21. The first-order valence-electron chi connectivity index (χ1n) is 11.9. The van der Waals surface area contributed by atoms with E-state index in [-0.39, 0.29) is 17.5 Å². The van der Waals surface area contributed by atoms with E-state index in [1.165, 1.54) is 6.07 Å². The number of fused-ring (bicyclic) bond motifs is 2. The summed E-state index contributed by atoms with van der Waals surface area (Å²) in [5.74, 6) is -0.319. The highest BCUT2D eigenvalue weighted by Gasteiger charge is 2.28. The van der Waals surface area contributed by atoms with E-state index in [0.717, 1.165) is 35.4 Å². The Labute approximate surface area is 203 Å². The van der Waals surface area contributed by atoms with Gasteiger partial charge in [-0.2, -0.15) is 5.10 Å². The highest BCUT2D eigenvalue weighted by atomic mass is 19.1. The highest BCUT2D eigenvalue weighted by molar-refractivity contribution is 5.81. The fourth-order valence-electron chi connectivity index (χ4n) is 4.50. The maximum atomic E-state index is 15.2. The number of hydrogen-bond donors (Lipinski definition) is 0. The minimum Gasteiger partial charge on any atom is -0.444 e. The number of amides is 1. The third-order valence-electron chi connectivity index (χ3n) is 6.21. The Kier molecular flexibility index (Phi) is 5.65. The number of ether oxygens (including phenoxy) is 1. The Balaban J connectivity index is 1.38. The topological polar surface area (TPSA) is 85.5 Å². The van der Waals surface area contributed by atoms with Gasteiger partial charge in [0.1, 0.15) is 11.1 Å². The molecule has 0 bridgehead atoms. The summed E-state index contributed by atoms with van der Waals surface area (Å²) in [4.78, 5) is 27.7. The molecule has 0 spiro atoms. The molecule has 0 aliphatic carbocycles. The van der Waals surface area contributed by atoms with Gasteiger partial charge >= 0.3 is 6.09 Å². The van der Waals surface area contributed by atoms with Crippen molar-refractivity contribution in [3.8, 4) is 11.3 Å². The summed E-state index contributed by atoms with van der Waals surface area (Å²) in [6.45, 7) is 10.6. The van der Waals surface area contributed by atoms with Crippen LogP contribution in [0.3, 0.4) is 0 Å². The first kappa shape index (κ1) is 23.1. The van der Waals surface area contributed by atoms with E-state index in [2.05, 4.69) is 20.1 Å². The Hall–Kier alpha value is -3.62. The molecule has 182 valence electrons. The van der Waals surface area contributed by atoms with Crippen molar-refractivity contribution >= 4 is 22.8 Å². The molecule has 8 nitrogen and oxygen atoms in total. The molecule has 0 atom stereocenters. The molecule has 0 unspecified atom stereocenters. The minimum absolute atomic E-state index is 0.112. The second kappa shape index (κ2) is 8.55. The summed E-state index contributed by atoms with van der Waals surface area (Å²) < 4.78 is 22.4. The number of hydrogen-bond acceptors (Lipinski definition) is 6. The van der Waals surface area contributed by atoms with Gasteiger partial charge in [0.2, 0.25) is 0 Å². The van der Waals surface area contributed by atoms with Gasteiger partial charge in [0, 0.05) is 30.8 Å². The second-order valence-corrected chi connectivity index (χ2v) is 10.2. The van der Waals surface area contributed by atoms with Crippen molar-refractivity contribution in [3.05, 3.63) is 53.4 Å². The summed E-state index contributed by atoms with van der Waals surface area (Å²) in [6.07, 6.45) is 4.73. The Morgan fingerprint density at radius 1 is 1.11 bits per heavy atom. The molecule has 4 aromatic rings. The predicted molar refractivity (Wildman–Crippen MR) is 131 cm³/mol. The molecular formula is C26H29FN6O2. The number of carbonyl (C=O) groups is 1. The Morgan fingerprint density at radius 3 is 2.57 bits per heavy atom. The molecule has 0 radical (unpaired) electrons. The first-order chi connectivity index (χ1) is 16.6. The van der Waals surface area contributed by atoms with Crippen LogP contribution in [0.1, 0.15) is 56.5 Å². The number of aryl methyl sites for hydroxylation is 2. The van der Waals surface area contributed by atoms with Crippen molar-refractivity contribution in [2.24, 2.45) is 0 Å². The number of carbonyl (C=O) groups excluding carboxylic acids is 1. The van der Waals surface area contributed by atoms with E-state index in [4.69, 9.17) is 4.74 Å². The van der Waals surface area contributed by atoms with Gasteiger partial charge in [-0.1, -0.05) is 0 Å². The fraction of sp³-hybridized carbons (Fsp3) is 0.423. The fourth-order valence-corrected chi connectivity index (χ4v) is 4.50. The minimum atomic E-state index is -0.522. The molecule has 1 aliphatic heterocycles. The zero-order chi connectivity index (χ0) is 24.9. The van der Waals surface area contributed by atoms with Crippen molar-refractivity contribution in [2.75, 3.05) is 13.1 Å². The average Bonchev–Trinajstić information content (AvgIpc) is 3.18. The zero-order valence-electron chi connectivity index (χ0n) is 20.7. The Morgan fingerprint density at radius 2 is 1.86 bits per heavy atom. The van der Waals surface area contributed by atoms with Crippen LogP contribution in [0.15, 0.2) is 30.6 Å². The third-order valence-corrected chi connectivity index (χ3v) is 6.21. The van der Waals surface area contributed by atoms with Gasteiger partial charge in [-0.15, -0.1) is 0 Å². The van der Waals surface area contributed by atoms with Crippen LogP contribution in [0.25, 0.3) is 27.9 Å². The van der Waals surface area contributed by atoms with Gasteiger partial charge in [-0.3, -0.25) is 4.98 Å². The normalized spacial score (nSPS) is 15.2. The molecule has 0 N–H and O–H groups in total. The number of rotatable bonds is 2. The standard InChI is InChI=1S/C26H29FN6O2/c1-15-10-20(31-33-14-16(2)29-24(15)33)18-11-19(27)23-21(12-18)28-13-22(30-23)17-6-8-32(9-7-17)25(34)35-26(3,4)5/h10-14,17H,6-9H2,1-5H3. The van der Waals surface area contributed by atoms with Gasteiger partial charge in [-0.05, 0) is 71.2 Å². The first-order valence-corrected chi connectivity index (χ1v) is 11.9. The van der Waals surface area contributed by atoms with Crippen LogP contribution in [0, 0.1) is 19.7 Å². The molecular weight excluding hydrogens is 447 g/mol. The summed E-state index contributed by atoms with van der Waals surface area (Å²) in [5, 5.41) is 4.61. The number of piperidine rings is 1. The van der Waals surface area contributed by atoms with Gasteiger partial charge in [0.25, 0.3) is 0 Å². The average molecular weight is 477 g/mol. The van der Waals surface area contributed by atoms with Crippen molar-refractivity contribution < 1.29 is 13.9 Å². The monoisotopic (exact) mass is 476 g/mol. The number of nitrogens with zero attached hydrogens (tertiary/aromatic N) is 6. The molecule has 4 heterocycles. The lowest BCUT2D eigenvalue weighted by Crippen LogP contribution is -2.41. The SMILES string of the molecule is Cc1cn2nc(-c3cc(F)c4nc(C5CCN(C(=O)OC(C)(C)C)CC5)cnc4c3)cc(C)c2n1. The maximum Gasteiger partial charge on any atom is 0.410 e. The highest BCUT2D eigenvalue weighted by Crippen LogP contribution is 2.30.